The van der Waals surface area contributed by atoms with E-state index in [1.165, 1.54) is 25.9 Å². The number of nitrogens with one attached hydrogen (secondary N) is 2. The topological polar surface area (TPSA) is 131 Å². The maximum atomic E-state index is 11.9. The first kappa shape index (κ1) is 15.8. The average Bonchev–Trinajstić information content (AvgIpc) is 2.26. The van der Waals surface area contributed by atoms with Crippen LogP contribution in [0.4, 0.5) is 4.79 Å². The molecule has 18 heavy (non-hydrogen) atoms. The van der Waals surface area contributed by atoms with Crippen LogP contribution in [0.3, 0.4) is 0 Å². The second kappa shape index (κ2) is 7.15. The minimum Gasteiger partial charge on any atom is -0.401 e. The molecule has 0 aromatic rings. The number of nitrogens with zero attached hydrogens (tertiary/aromatic N) is 1. The van der Waals surface area contributed by atoms with Gasteiger partial charge in [0.05, 0.1) is 18.8 Å². The number of ketones is 1. The Bertz CT molecular complexity index is 374. The molecule has 102 valence electrons. The van der Waals surface area contributed by atoms with Crippen molar-refractivity contribution in [3.63, 3.8) is 0 Å². The van der Waals surface area contributed by atoms with Gasteiger partial charge in [0.15, 0.2) is 5.78 Å². The lowest BCUT2D eigenvalue weighted by molar-refractivity contribution is -0.117. The molecule has 8 heteroatoms. The Hall–Kier alpha value is -2.25. The monoisotopic (exact) mass is 257 g/mol. The Labute approximate surface area is 105 Å². The summed E-state index contributed by atoms with van der Waals surface area (Å²) in [5, 5.41) is 4.93. The van der Waals surface area contributed by atoms with Crippen molar-refractivity contribution in [3.05, 3.63) is 11.4 Å². The minimum atomic E-state index is -0.610. The average molecular weight is 257 g/mol. The smallest absolute Gasteiger partial charge is 0.317 e. The van der Waals surface area contributed by atoms with Gasteiger partial charge in [0.2, 0.25) is 5.91 Å². The highest BCUT2D eigenvalue weighted by molar-refractivity contribution is 5.99. The van der Waals surface area contributed by atoms with Crippen molar-refractivity contribution in [1.29, 1.82) is 0 Å². The molecule has 0 saturated heterocycles. The van der Waals surface area contributed by atoms with Gasteiger partial charge in [0.1, 0.15) is 0 Å². The van der Waals surface area contributed by atoms with Gasteiger partial charge in [0.25, 0.3) is 0 Å². The SMILES string of the molecule is CNC(=O)N(C)CC(=O)/C(NCC(N)=O)=C(\C)N. The van der Waals surface area contributed by atoms with Gasteiger partial charge in [-0.1, -0.05) is 0 Å². The summed E-state index contributed by atoms with van der Waals surface area (Å²) in [5.74, 6) is -1.01. The molecule has 0 aromatic heterocycles. The molecule has 8 nitrogen and oxygen atoms in total. The first-order valence-corrected chi connectivity index (χ1v) is 5.24. The number of Topliss-reactive ketones (excluding diaryl/α,β-unsaturated/α-hetero) is 1. The Morgan fingerprint density at radius 2 is 1.78 bits per heavy atom. The summed E-state index contributed by atoms with van der Waals surface area (Å²) in [6.07, 6.45) is 0. The molecule has 3 amide bonds. The molecule has 0 heterocycles. The molecule has 0 bridgehead atoms. The van der Waals surface area contributed by atoms with E-state index in [9.17, 15) is 14.4 Å². The van der Waals surface area contributed by atoms with Crippen molar-refractivity contribution >= 4 is 17.7 Å². The molecule has 0 aliphatic rings. The standard InChI is InChI=1S/C10H19N5O3/c1-6(11)9(14-4-8(12)17)7(16)5-15(3)10(18)13-2/h14H,4-5,11H2,1-3H3,(H2,12,17)(H,13,18)/b9-6-. The van der Waals surface area contributed by atoms with Crippen LogP contribution in [-0.2, 0) is 9.59 Å². The van der Waals surface area contributed by atoms with Crippen molar-refractivity contribution < 1.29 is 14.4 Å². The lowest BCUT2D eigenvalue weighted by atomic mass is 10.2. The Morgan fingerprint density at radius 1 is 1.22 bits per heavy atom. The number of nitrogens with two attached hydrogens (primary N) is 2. The fourth-order valence-corrected chi connectivity index (χ4v) is 1.19. The number of carbonyl (C=O) groups excluding carboxylic acids is 3. The van der Waals surface area contributed by atoms with Crippen LogP contribution in [0.1, 0.15) is 6.92 Å². The number of likely N-dealkylation sites (N-methyl/N-ethyl adjacent to an activating group) is 1. The molecule has 0 unspecified atom stereocenters. The molecular weight excluding hydrogens is 238 g/mol. The number of rotatable bonds is 6. The lowest BCUT2D eigenvalue weighted by Crippen LogP contribution is -2.41. The molecule has 6 N–H and O–H groups in total. The molecule has 0 aliphatic heterocycles. The van der Waals surface area contributed by atoms with Crippen molar-refractivity contribution in [2.75, 3.05) is 27.2 Å². The molecule has 0 aliphatic carbocycles. The van der Waals surface area contributed by atoms with Gasteiger partial charge in [-0.25, -0.2) is 4.79 Å². The van der Waals surface area contributed by atoms with Gasteiger partial charge >= 0.3 is 6.03 Å². The van der Waals surface area contributed by atoms with Gasteiger partial charge in [-0.05, 0) is 6.92 Å². The summed E-state index contributed by atoms with van der Waals surface area (Å²) in [6.45, 7) is 1.16. The number of hydrogen-bond donors (Lipinski definition) is 4. The highest BCUT2D eigenvalue weighted by atomic mass is 16.2. The summed E-state index contributed by atoms with van der Waals surface area (Å²) in [7, 11) is 2.92. The molecular formula is C10H19N5O3. The van der Waals surface area contributed by atoms with E-state index in [1.807, 2.05) is 0 Å². The third-order valence-corrected chi connectivity index (χ3v) is 2.05. The molecule has 0 atom stereocenters. The summed E-state index contributed by atoms with van der Waals surface area (Å²) in [5.41, 5.74) is 10.8. The van der Waals surface area contributed by atoms with Crippen LogP contribution in [0.2, 0.25) is 0 Å². The van der Waals surface area contributed by atoms with Crippen LogP contribution >= 0.6 is 0 Å². The zero-order valence-electron chi connectivity index (χ0n) is 10.7. The first-order chi connectivity index (χ1) is 8.29. The molecule has 0 fully saturated rings. The van der Waals surface area contributed by atoms with Crippen LogP contribution in [0, 0.1) is 0 Å². The van der Waals surface area contributed by atoms with E-state index in [-0.39, 0.29) is 24.5 Å². The van der Waals surface area contributed by atoms with Gasteiger partial charge in [-0.3, -0.25) is 9.59 Å². The van der Waals surface area contributed by atoms with Crippen molar-refractivity contribution in [2.24, 2.45) is 11.5 Å². The van der Waals surface area contributed by atoms with Gasteiger partial charge in [0, 0.05) is 19.8 Å². The van der Waals surface area contributed by atoms with Crippen LogP contribution in [-0.4, -0.2) is 49.8 Å². The van der Waals surface area contributed by atoms with Crippen LogP contribution in [0.25, 0.3) is 0 Å². The van der Waals surface area contributed by atoms with Crippen LogP contribution in [0.5, 0.6) is 0 Å². The van der Waals surface area contributed by atoms with Crippen LogP contribution in [0.15, 0.2) is 11.4 Å². The molecule has 0 saturated carbocycles. The van der Waals surface area contributed by atoms with E-state index < -0.39 is 17.7 Å². The fraction of sp³-hybridized carbons (Fsp3) is 0.500. The first-order valence-electron chi connectivity index (χ1n) is 5.24. The van der Waals surface area contributed by atoms with Crippen LogP contribution < -0.4 is 22.1 Å². The third kappa shape index (κ3) is 5.19. The Morgan fingerprint density at radius 3 is 2.17 bits per heavy atom. The zero-order chi connectivity index (χ0) is 14.3. The summed E-state index contributed by atoms with van der Waals surface area (Å²) in [6, 6.07) is -0.396. The number of primary amides is 1. The minimum absolute atomic E-state index is 0.0875. The molecule has 0 rings (SSSR count). The number of hydrogen-bond acceptors (Lipinski definition) is 5. The maximum Gasteiger partial charge on any atom is 0.317 e. The van der Waals surface area contributed by atoms with Gasteiger partial charge in [-0.15, -0.1) is 0 Å². The molecule has 0 aromatic carbocycles. The third-order valence-electron chi connectivity index (χ3n) is 2.05. The normalized spacial score (nSPS) is 11.3. The number of urea groups is 1. The molecule has 0 spiro atoms. The van der Waals surface area contributed by atoms with E-state index >= 15 is 0 Å². The summed E-state index contributed by atoms with van der Waals surface area (Å²) >= 11 is 0. The van der Waals surface area contributed by atoms with Gasteiger partial charge < -0.3 is 27.0 Å². The highest BCUT2D eigenvalue weighted by Gasteiger charge is 2.17. The fourth-order valence-electron chi connectivity index (χ4n) is 1.19. The number of amides is 3. The largest absolute Gasteiger partial charge is 0.401 e. The predicted octanol–water partition coefficient (Wildman–Crippen LogP) is -1.91. The predicted molar refractivity (Wildman–Crippen MR) is 66.2 cm³/mol. The van der Waals surface area contributed by atoms with Crippen molar-refractivity contribution in [2.45, 2.75) is 6.92 Å². The highest BCUT2D eigenvalue weighted by Crippen LogP contribution is 1.98. The second-order valence-electron chi connectivity index (χ2n) is 3.71. The lowest BCUT2D eigenvalue weighted by Gasteiger charge is -2.17. The van der Waals surface area contributed by atoms with E-state index in [4.69, 9.17) is 11.5 Å². The van der Waals surface area contributed by atoms with Crippen molar-refractivity contribution in [1.82, 2.24) is 15.5 Å². The molecule has 0 radical (unpaired) electrons. The second-order valence-corrected chi connectivity index (χ2v) is 3.71. The van der Waals surface area contributed by atoms with E-state index in [1.54, 1.807) is 0 Å². The van der Waals surface area contributed by atoms with Crippen molar-refractivity contribution in [3.8, 4) is 0 Å². The van der Waals surface area contributed by atoms with E-state index in [0.717, 1.165) is 0 Å². The van der Waals surface area contributed by atoms with E-state index in [2.05, 4.69) is 10.6 Å². The van der Waals surface area contributed by atoms with Gasteiger partial charge in [-0.2, -0.15) is 0 Å². The number of carbonyl (C=O) groups is 3. The Kier molecular flexibility index (Phi) is 6.26. The summed E-state index contributed by atoms with van der Waals surface area (Å²) < 4.78 is 0. The zero-order valence-corrected chi connectivity index (χ0v) is 10.7. The maximum absolute atomic E-state index is 11.9. The van der Waals surface area contributed by atoms with E-state index in [0.29, 0.717) is 0 Å². The Balaban J connectivity index is 4.65. The summed E-state index contributed by atoms with van der Waals surface area (Å²) in [4.78, 5) is 34.9. The number of allylic oxidation sites excluding steroid dienone is 1. The quantitative estimate of drug-likeness (QED) is 0.412.